The van der Waals surface area contributed by atoms with Crippen molar-refractivity contribution in [3.05, 3.63) is 17.5 Å². The van der Waals surface area contributed by atoms with E-state index in [0.717, 1.165) is 12.1 Å². The average Bonchev–Trinajstić information content (AvgIpc) is 2.13. The Morgan fingerprint density at radius 1 is 1.35 bits per heavy atom. The Balaban J connectivity index is 2.35. The van der Waals surface area contributed by atoms with E-state index in [4.69, 9.17) is 0 Å². The van der Waals surface area contributed by atoms with Crippen LogP contribution in [-0.2, 0) is 6.42 Å². The Hall–Kier alpha value is -1.45. The highest BCUT2D eigenvalue weighted by atomic mass is 16.1. The molecule has 4 nitrogen and oxygen atoms in total. The van der Waals surface area contributed by atoms with E-state index in [1.807, 2.05) is 13.8 Å². The lowest BCUT2D eigenvalue weighted by atomic mass is 9.76. The van der Waals surface area contributed by atoms with Gasteiger partial charge in [-0.25, -0.2) is 9.97 Å². The molecule has 1 N–H and O–H groups in total. The Kier molecular flexibility index (Phi) is 2.89. The van der Waals surface area contributed by atoms with Gasteiger partial charge in [0.05, 0.1) is 11.3 Å². The molecule has 0 aromatic carbocycles. The predicted octanol–water partition coefficient (Wildman–Crippen LogP) is 2.45. The number of hydrogen-bond acceptors (Lipinski definition) is 4. The van der Waals surface area contributed by atoms with Crippen LogP contribution in [-0.4, -0.2) is 21.8 Å². The van der Waals surface area contributed by atoms with Crippen molar-refractivity contribution in [3.63, 3.8) is 0 Å². The molecule has 1 aliphatic rings. The minimum Gasteiger partial charge on any atom is -0.352 e. The van der Waals surface area contributed by atoms with E-state index in [1.54, 1.807) is 6.20 Å². The number of nitrogens with zero attached hydrogens (tertiary/aromatic N) is 2. The number of hydrogen-bond donors (Lipinski definition) is 1. The summed E-state index contributed by atoms with van der Waals surface area (Å²) in [6.07, 6.45) is 3.08. The monoisotopic (exact) mass is 233 g/mol. The number of aromatic nitrogens is 2. The zero-order valence-electron chi connectivity index (χ0n) is 10.9. The van der Waals surface area contributed by atoms with Gasteiger partial charge in [0.15, 0.2) is 5.78 Å². The summed E-state index contributed by atoms with van der Waals surface area (Å²) < 4.78 is 0. The van der Waals surface area contributed by atoms with Gasteiger partial charge >= 0.3 is 0 Å². The molecule has 0 aliphatic heterocycles. The molecule has 17 heavy (non-hydrogen) atoms. The molecule has 0 unspecified atom stereocenters. The van der Waals surface area contributed by atoms with Gasteiger partial charge in [0, 0.05) is 18.7 Å². The second-order valence-electron chi connectivity index (χ2n) is 5.79. The normalized spacial score (nSPS) is 18.1. The summed E-state index contributed by atoms with van der Waals surface area (Å²) in [6.45, 7) is 8.28. The van der Waals surface area contributed by atoms with Crippen LogP contribution in [0.4, 0.5) is 5.95 Å². The molecule has 0 saturated heterocycles. The summed E-state index contributed by atoms with van der Waals surface area (Å²) in [5.74, 6) is 0.775. The molecule has 0 atom stereocenters. The van der Waals surface area contributed by atoms with Crippen molar-refractivity contribution in [1.82, 2.24) is 9.97 Å². The topological polar surface area (TPSA) is 54.9 Å². The van der Waals surface area contributed by atoms with Crippen LogP contribution in [0, 0.1) is 5.41 Å². The van der Waals surface area contributed by atoms with E-state index in [2.05, 4.69) is 29.1 Å². The van der Waals surface area contributed by atoms with E-state index >= 15 is 0 Å². The largest absolute Gasteiger partial charge is 0.352 e. The number of carbonyl (C=O) groups excluding carboxylic acids is 1. The van der Waals surface area contributed by atoms with Gasteiger partial charge in [-0.1, -0.05) is 13.8 Å². The van der Waals surface area contributed by atoms with Crippen LogP contribution in [0.3, 0.4) is 0 Å². The van der Waals surface area contributed by atoms with Crippen molar-refractivity contribution in [2.75, 3.05) is 5.32 Å². The molecule has 0 amide bonds. The SMILES string of the molecule is CC(C)Nc1ncc2c(n1)CC(C)(C)CC2=O. The first kappa shape index (κ1) is 12.0. The molecule has 1 heterocycles. The van der Waals surface area contributed by atoms with Crippen molar-refractivity contribution < 1.29 is 4.79 Å². The maximum Gasteiger partial charge on any atom is 0.223 e. The van der Waals surface area contributed by atoms with E-state index < -0.39 is 0 Å². The van der Waals surface area contributed by atoms with Crippen LogP contribution >= 0.6 is 0 Å². The number of fused-ring (bicyclic) bond motifs is 1. The zero-order chi connectivity index (χ0) is 12.6. The van der Waals surface area contributed by atoms with Crippen molar-refractivity contribution >= 4 is 11.7 Å². The third kappa shape index (κ3) is 2.62. The Labute approximate surface area is 102 Å². The predicted molar refractivity (Wildman–Crippen MR) is 67.2 cm³/mol. The van der Waals surface area contributed by atoms with Gasteiger partial charge in [-0.05, 0) is 25.7 Å². The van der Waals surface area contributed by atoms with E-state index in [-0.39, 0.29) is 11.2 Å². The summed E-state index contributed by atoms with van der Waals surface area (Å²) in [5, 5.41) is 3.16. The molecule has 0 radical (unpaired) electrons. The molecule has 0 fully saturated rings. The molecular weight excluding hydrogens is 214 g/mol. The van der Waals surface area contributed by atoms with E-state index in [9.17, 15) is 4.79 Å². The average molecular weight is 233 g/mol. The Bertz CT molecular complexity index is 452. The second kappa shape index (κ2) is 4.09. The maximum atomic E-state index is 11.9. The Morgan fingerprint density at radius 3 is 2.71 bits per heavy atom. The fraction of sp³-hybridized carbons (Fsp3) is 0.615. The summed E-state index contributed by atoms with van der Waals surface area (Å²) in [6, 6.07) is 0.292. The van der Waals surface area contributed by atoms with Gasteiger partial charge in [0.1, 0.15) is 0 Å². The standard InChI is InChI=1S/C13H19N3O/c1-8(2)15-12-14-7-9-10(16-12)5-13(3,4)6-11(9)17/h7-8H,5-6H2,1-4H3,(H,14,15,16). The van der Waals surface area contributed by atoms with Crippen LogP contribution in [0.2, 0.25) is 0 Å². The van der Waals surface area contributed by atoms with Crippen molar-refractivity contribution in [2.45, 2.75) is 46.6 Å². The second-order valence-corrected chi connectivity index (χ2v) is 5.79. The fourth-order valence-electron chi connectivity index (χ4n) is 2.16. The van der Waals surface area contributed by atoms with Crippen LogP contribution < -0.4 is 5.32 Å². The number of carbonyl (C=O) groups is 1. The van der Waals surface area contributed by atoms with Gasteiger partial charge in [0.2, 0.25) is 5.95 Å². The van der Waals surface area contributed by atoms with Gasteiger partial charge in [-0.15, -0.1) is 0 Å². The van der Waals surface area contributed by atoms with Crippen molar-refractivity contribution in [2.24, 2.45) is 5.41 Å². The zero-order valence-corrected chi connectivity index (χ0v) is 10.9. The van der Waals surface area contributed by atoms with Gasteiger partial charge in [-0.3, -0.25) is 4.79 Å². The molecule has 1 aliphatic carbocycles. The highest BCUT2D eigenvalue weighted by Gasteiger charge is 2.32. The smallest absolute Gasteiger partial charge is 0.223 e. The fourth-order valence-corrected chi connectivity index (χ4v) is 2.16. The number of anilines is 1. The first-order valence-corrected chi connectivity index (χ1v) is 6.03. The first-order valence-electron chi connectivity index (χ1n) is 6.03. The molecule has 4 heteroatoms. The third-order valence-electron chi connectivity index (χ3n) is 2.87. The lowest BCUT2D eigenvalue weighted by Gasteiger charge is -2.29. The van der Waals surface area contributed by atoms with E-state index in [1.165, 1.54) is 0 Å². The van der Waals surface area contributed by atoms with Crippen molar-refractivity contribution in [3.8, 4) is 0 Å². The van der Waals surface area contributed by atoms with Gasteiger partial charge < -0.3 is 5.32 Å². The number of Topliss-reactive ketones (excluding diaryl/α,β-unsaturated/α-hetero) is 1. The minimum absolute atomic E-state index is 0.00748. The van der Waals surface area contributed by atoms with Crippen LogP contribution in [0.5, 0.6) is 0 Å². The maximum absolute atomic E-state index is 11.9. The molecule has 0 bridgehead atoms. The molecular formula is C13H19N3O. The van der Waals surface area contributed by atoms with Crippen LogP contribution in [0.1, 0.15) is 50.2 Å². The quantitative estimate of drug-likeness (QED) is 0.852. The molecule has 0 spiro atoms. The number of rotatable bonds is 2. The molecule has 1 aromatic rings. The number of ketones is 1. The Morgan fingerprint density at radius 2 is 2.06 bits per heavy atom. The van der Waals surface area contributed by atoms with E-state index in [0.29, 0.717) is 24.0 Å². The molecule has 92 valence electrons. The lowest BCUT2D eigenvalue weighted by Crippen LogP contribution is -2.28. The highest BCUT2D eigenvalue weighted by molar-refractivity contribution is 5.98. The van der Waals surface area contributed by atoms with Crippen molar-refractivity contribution in [1.29, 1.82) is 0 Å². The molecule has 0 saturated carbocycles. The lowest BCUT2D eigenvalue weighted by molar-refractivity contribution is 0.0910. The van der Waals surface area contributed by atoms with Gasteiger partial charge in [-0.2, -0.15) is 0 Å². The third-order valence-corrected chi connectivity index (χ3v) is 2.87. The number of nitrogens with one attached hydrogen (secondary N) is 1. The first-order chi connectivity index (χ1) is 7.87. The van der Waals surface area contributed by atoms with Crippen LogP contribution in [0.25, 0.3) is 0 Å². The minimum atomic E-state index is 0.00748. The molecule has 2 rings (SSSR count). The van der Waals surface area contributed by atoms with Gasteiger partial charge in [0.25, 0.3) is 0 Å². The highest BCUT2D eigenvalue weighted by Crippen LogP contribution is 2.33. The summed E-state index contributed by atoms with van der Waals surface area (Å²) in [4.78, 5) is 20.6. The summed E-state index contributed by atoms with van der Waals surface area (Å²) >= 11 is 0. The molecule has 1 aromatic heterocycles. The van der Waals surface area contributed by atoms with Crippen LogP contribution in [0.15, 0.2) is 6.20 Å². The summed E-state index contributed by atoms with van der Waals surface area (Å²) in [7, 11) is 0. The summed E-state index contributed by atoms with van der Waals surface area (Å²) in [5.41, 5.74) is 1.58.